The third-order valence-corrected chi connectivity index (χ3v) is 1.80. The maximum atomic E-state index is 12.7. The molecule has 0 bridgehead atoms. The van der Waals surface area contributed by atoms with Crippen molar-refractivity contribution in [2.24, 2.45) is 0 Å². The molecule has 1 rings (SSSR count). The molecule has 0 radical (unpaired) electrons. The number of hydrogen-bond donors (Lipinski definition) is 0. The van der Waals surface area contributed by atoms with E-state index in [1.165, 1.54) is 18.2 Å². The summed E-state index contributed by atoms with van der Waals surface area (Å²) in [5, 5.41) is 0. The van der Waals surface area contributed by atoms with E-state index in [9.17, 15) is 4.39 Å². The molecule has 0 unspecified atom stereocenters. The normalized spacial score (nSPS) is 8.56. The van der Waals surface area contributed by atoms with Crippen LogP contribution in [-0.2, 0) is 0 Å². The molecule has 0 spiro atoms. The molecule has 0 atom stereocenters. The van der Waals surface area contributed by atoms with Crippen molar-refractivity contribution in [2.45, 2.75) is 19.3 Å². The van der Waals surface area contributed by atoms with E-state index >= 15 is 0 Å². The van der Waals surface area contributed by atoms with Crippen LogP contribution < -0.4 is 21.7 Å². The summed E-state index contributed by atoms with van der Waals surface area (Å²) >= 11 is 0. The first-order chi connectivity index (χ1) is 6.83. The Bertz CT molecular complexity index is 294. The summed E-state index contributed by atoms with van der Waals surface area (Å²) in [5.41, 5.74) is 0. The molecule has 1 aromatic carbocycles. The topological polar surface area (TPSA) is 9.23 Å². The average Bonchev–Trinajstić information content (AvgIpc) is 2.18. The molecule has 0 fully saturated rings. The van der Waals surface area contributed by atoms with Crippen molar-refractivity contribution in [3.8, 4) is 5.75 Å². The van der Waals surface area contributed by atoms with Crippen LogP contribution in [0.4, 0.5) is 4.39 Å². The molecular formula is C12H14BrFMgO. The summed E-state index contributed by atoms with van der Waals surface area (Å²) in [6, 6.07) is 7.03. The minimum Gasteiger partial charge on any atom is -1.00 e. The second kappa shape index (κ2) is 11.4. The van der Waals surface area contributed by atoms with E-state index in [1.807, 2.05) is 6.08 Å². The Balaban J connectivity index is 0. The molecule has 0 heterocycles. The van der Waals surface area contributed by atoms with E-state index in [0.717, 1.165) is 19.3 Å². The number of hydrogen-bond acceptors (Lipinski definition) is 1. The fourth-order valence-electron chi connectivity index (χ4n) is 1.07. The van der Waals surface area contributed by atoms with Crippen LogP contribution in [0.25, 0.3) is 0 Å². The maximum absolute atomic E-state index is 12.7. The Kier molecular flexibility index (Phi) is 13.1. The number of ether oxygens (including phenoxy) is 1. The van der Waals surface area contributed by atoms with Gasteiger partial charge in [-0.25, -0.2) is 4.39 Å². The number of benzene rings is 1. The van der Waals surface area contributed by atoms with Crippen LogP contribution in [0.5, 0.6) is 5.75 Å². The monoisotopic (exact) mass is 296 g/mol. The number of rotatable bonds is 6. The Morgan fingerprint density at radius 3 is 2.81 bits per heavy atom. The zero-order chi connectivity index (χ0) is 10.2. The molecule has 0 saturated carbocycles. The van der Waals surface area contributed by atoms with Gasteiger partial charge in [-0.2, -0.15) is 6.07 Å². The summed E-state index contributed by atoms with van der Waals surface area (Å²) in [6.07, 6.45) is 4.89. The van der Waals surface area contributed by atoms with Crippen LogP contribution in [0.15, 0.2) is 30.9 Å². The van der Waals surface area contributed by atoms with Gasteiger partial charge in [0.2, 0.25) is 0 Å². The van der Waals surface area contributed by atoms with Crippen molar-refractivity contribution < 1.29 is 26.1 Å². The van der Waals surface area contributed by atoms with Crippen molar-refractivity contribution >= 4 is 23.1 Å². The van der Waals surface area contributed by atoms with E-state index in [1.54, 1.807) is 0 Å². The van der Waals surface area contributed by atoms with E-state index in [2.05, 4.69) is 12.6 Å². The van der Waals surface area contributed by atoms with Gasteiger partial charge in [-0.1, -0.05) is 12.1 Å². The van der Waals surface area contributed by atoms with Gasteiger partial charge < -0.3 is 21.7 Å². The summed E-state index contributed by atoms with van der Waals surface area (Å²) in [4.78, 5) is 0. The Labute approximate surface area is 123 Å². The minimum absolute atomic E-state index is 0. The van der Waals surface area contributed by atoms with Gasteiger partial charge >= 0.3 is 23.1 Å². The van der Waals surface area contributed by atoms with Gasteiger partial charge in [0.05, 0.1) is 6.61 Å². The summed E-state index contributed by atoms with van der Waals surface area (Å²) in [6.45, 7) is 4.24. The number of halogens is 2. The zero-order valence-corrected chi connectivity index (χ0v) is 12.2. The standard InChI is InChI=1S/C12H14FO.BrH.Mg/c1-2-3-4-5-9-14-12-8-6-7-11(13)10-12;;/h2,6-7,10H,1,3-5,9H2;1H;/q-1;;+2/p-1. The van der Waals surface area contributed by atoms with Gasteiger partial charge in [-0.05, 0) is 19.3 Å². The van der Waals surface area contributed by atoms with Crippen LogP contribution in [0.2, 0.25) is 0 Å². The van der Waals surface area contributed by atoms with E-state index in [0.29, 0.717) is 12.4 Å². The third kappa shape index (κ3) is 8.13. The fraction of sp³-hybridized carbons (Fsp3) is 0.333. The first-order valence-electron chi connectivity index (χ1n) is 4.74. The van der Waals surface area contributed by atoms with Gasteiger partial charge in [-0.15, -0.1) is 18.7 Å². The van der Waals surface area contributed by atoms with E-state index in [-0.39, 0.29) is 45.9 Å². The molecule has 84 valence electrons. The van der Waals surface area contributed by atoms with Crippen LogP contribution in [0, 0.1) is 11.9 Å². The molecule has 1 aromatic rings. The molecule has 0 amide bonds. The van der Waals surface area contributed by atoms with Crippen molar-refractivity contribution in [1.82, 2.24) is 0 Å². The van der Waals surface area contributed by atoms with Crippen molar-refractivity contribution in [3.05, 3.63) is 42.7 Å². The second-order valence-electron chi connectivity index (χ2n) is 3.00. The molecule has 0 aliphatic rings. The molecule has 1 nitrogen and oxygen atoms in total. The van der Waals surface area contributed by atoms with E-state index < -0.39 is 0 Å². The van der Waals surface area contributed by atoms with Gasteiger partial charge in [-0.3, -0.25) is 0 Å². The molecule has 4 heteroatoms. The molecule has 0 aromatic heterocycles. The molecular weight excluding hydrogens is 283 g/mol. The Morgan fingerprint density at radius 2 is 2.19 bits per heavy atom. The van der Waals surface area contributed by atoms with Crippen molar-refractivity contribution in [3.63, 3.8) is 0 Å². The zero-order valence-electron chi connectivity index (χ0n) is 9.22. The predicted molar refractivity (Wildman–Crippen MR) is 60.5 cm³/mol. The number of unbranched alkanes of at least 4 members (excludes halogenated alkanes) is 2. The van der Waals surface area contributed by atoms with Crippen LogP contribution in [-0.4, -0.2) is 29.7 Å². The Morgan fingerprint density at radius 1 is 1.44 bits per heavy atom. The quantitative estimate of drug-likeness (QED) is 0.310. The SMILES string of the molecule is C=CCCCCOc1[c-]ccc(F)c1.[Br-].[Mg+2]. The molecule has 0 aliphatic heterocycles. The van der Waals surface area contributed by atoms with Crippen molar-refractivity contribution in [2.75, 3.05) is 6.61 Å². The molecule has 0 aliphatic carbocycles. The van der Waals surface area contributed by atoms with Crippen LogP contribution in [0.1, 0.15) is 19.3 Å². The third-order valence-electron chi connectivity index (χ3n) is 1.80. The van der Waals surface area contributed by atoms with Crippen molar-refractivity contribution in [1.29, 1.82) is 0 Å². The van der Waals surface area contributed by atoms with E-state index in [4.69, 9.17) is 4.74 Å². The number of allylic oxidation sites excluding steroid dienone is 1. The summed E-state index contributed by atoms with van der Waals surface area (Å²) < 4.78 is 18.0. The average molecular weight is 297 g/mol. The Hall–Kier alpha value is -0.0638. The predicted octanol–water partition coefficient (Wildman–Crippen LogP) is -0.0158. The second-order valence-corrected chi connectivity index (χ2v) is 3.00. The molecule has 16 heavy (non-hydrogen) atoms. The largest absolute Gasteiger partial charge is 2.00 e. The minimum atomic E-state index is -0.287. The smallest absolute Gasteiger partial charge is 1.00 e. The molecule has 0 N–H and O–H groups in total. The summed E-state index contributed by atoms with van der Waals surface area (Å²) in [7, 11) is 0. The first-order valence-corrected chi connectivity index (χ1v) is 4.74. The van der Waals surface area contributed by atoms with Gasteiger partial charge in [0.15, 0.2) is 0 Å². The van der Waals surface area contributed by atoms with Crippen LogP contribution in [0.3, 0.4) is 0 Å². The first kappa shape index (κ1) is 18.3. The van der Waals surface area contributed by atoms with Gasteiger partial charge in [0.25, 0.3) is 0 Å². The molecule has 0 saturated heterocycles. The van der Waals surface area contributed by atoms with Gasteiger partial charge in [0.1, 0.15) is 0 Å². The maximum Gasteiger partial charge on any atom is 2.00 e. The summed E-state index contributed by atoms with van der Waals surface area (Å²) in [5.74, 6) is 0.188. The fourth-order valence-corrected chi connectivity index (χ4v) is 1.07. The van der Waals surface area contributed by atoms with Crippen LogP contribution >= 0.6 is 0 Å². The van der Waals surface area contributed by atoms with Gasteiger partial charge in [0, 0.05) is 11.6 Å².